The minimum Gasteiger partial charge on any atom is -0.445 e. The molecule has 6 nitrogen and oxygen atoms in total. The van der Waals surface area contributed by atoms with E-state index in [1.165, 1.54) is 0 Å². The number of likely N-dealkylation sites (tertiary alicyclic amines) is 1. The van der Waals surface area contributed by atoms with Crippen LogP contribution in [0.3, 0.4) is 0 Å². The Morgan fingerprint density at radius 1 is 1.24 bits per heavy atom. The van der Waals surface area contributed by atoms with Gasteiger partial charge in [-0.15, -0.1) is 0 Å². The third kappa shape index (κ3) is 5.37. The monoisotopic (exact) mass is 348 g/mol. The van der Waals surface area contributed by atoms with Gasteiger partial charge in [0.05, 0.1) is 6.04 Å². The molecule has 1 aromatic carbocycles. The van der Waals surface area contributed by atoms with Crippen LogP contribution >= 0.6 is 0 Å². The lowest BCUT2D eigenvalue weighted by Crippen LogP contribution is -2.42. The van der Waals surface area contributed by atoms with Crippen molar-refractivity contribution in [3.05, 3.63) is 35.9 Å². The summed E-state index contributed by atoms with van der Waals surface area (Å²) < 4.78 is 10.8. The topological polar surface area (TPSA) is 59.1 Å². The summed E-state index contributed by atoms with van der Waals surface area (Å²) >= 11 is 0. The summed E-state index contributed by atoms with van der Waals surface area (Å²) in [6.45, 7) is 8.19. The van der Waals surface area contributed by atoms with Crippen LogP contribution in [0.2, 0.25) is 0 Å². The molecule has 0 spiro atoms. The van der Waals surface area contributed by atoms with Crippen molar-refractivity contribution in [1.82, 2.24) is 9.80 Å². The number of carbonyl (C=O) groups excluding carboxylic acids is 2. The van der Waals surface area contributed by atoms with Crippen LogP contribution in [0.1, 0.15) is 39.7 Å². The molecule has 0 unspecified atom stereocenters. The highest BCUT2D eigenvalue weighted by molar-refractivity contribution is 5.70. The van der Waals surface area contributed by atoms with E-state index in [0.29, 0.717) is 13.0 Å². The number of rotatable bonds is 3. The standard InChI is InChI=1S/C19H28N2O4/c1-14-11-16(12-21(14)18(23)25-19(2,3)4)20(5)17(22)24-13-15-9-7-6-8-10-15/h6-10,14,16H,11-13H2,1-5H3/t14-,16-/m1/s1. The van der Waals surface area contributed by atoms with E-state index in [-0.39, 0.29) is 30.9 Å². The van der Waals surface area contributed by atoms with E-state index in [0.717, 1.165) is 5.56 Å². The highest BCUT2D eigenvalue weighted by atomic mass is 16.6. The molecule has 1 aliphatic rings. The highest BCUT2D eigenvalue weighted by Gasteiger charge is 2.38. The molecule has 2 atom stereocenters. The Labute approximate surface area is 149 Å². The van der Waals surface area contributed by atoms with E-state index >= 15 is 0 Å². The van der Waals surface area contributed by atoms with Crippen molar-refractivity contribution in [1.29, 1.82) is 0 Å². The smallest absolute Gasteiger partial charge is 0.410 e. The molecule has 1 fully saturated rings. The average Bonchev–Trinajstić information content (AvgIpc) is 2.93. The van der Waals surface area contributed by atoms with Gasteiger partial charge >= 0.3 is 12.2 Å². The maximum absolute atomic E-state index is 12.3. The average molecular weight is 348 g/mol. The zero-order chi connectivity index (χ0) is 18.6. The van der Waals surface area contributed by atoms with Crippen LogP contribution in [0.25, 0.3) is 0 Å². The van der Waals surface area contributed by atoms with Crippen LogP contribution in [0.5, 0.6) is 0 Å². The summed E-state index contributed by atoms with van der Waals surface area (Å²) in [6.07, 6.45) is -0.0171. The van der Waals surface area contributed by atoms with Gasteiger partial charge in [0.1, 0.15) is 12.2 Å². The van der Waals surface area contributed by atoms with Gasteiger partial charge in [-0.25, -0.2) is 9.59 Å². The first-order chi connectivity index (χ1) is 11.7. The second-order valence-electron chi connectivity index (χ2n) is 7.52. The first-order valence-corrected chi connectivity index (χ1v) is 8.60. The lowest BCUT2D eigenvalue weighted by Gasteiger charge is -2.27. The number of nitrogens with zero attached hydrogens (tertiary/aromatic N) is 2. The summed E-state index contributed by atoms with van der Waals surface area (Å²) in [4.78, 5) is 27.8. The number of ether oxygens (including phenoxy) is 2. The molecular weight excluding hydrogens is 320 g/mol. The molecule has 1 heterocycles. The Kier molecular flexibility index (Phi) is 5.93. The van der Waals surface area contributed by atoms with E-state index in [1.807, 2.05) is 58.0 Å². The Hall–Kier alpha value is -2.24. The van der Waals surface area contributed by atoms with E-state index < -0.39 is 5.60 Å². The predicted octanol–water partition coefficient (Wildman–Crippen LogP) is 3.65. The Bertz CT molecular complexity index is 597. The van der Waals surface area contributed by atoms with Crippen molar-refractivity contribution in [2.24, 2.45) is 0 Å². The van der Waals surface area contributed by atoms with E-state index in [2.05, 4.69) is 0 Å². The maximum Gasteiger partial charge on any atom is 0.410 e. The predicted molar refractivity (Wildman–Crippen MR) is 95.2 cm³/mol. The fourth-order valence-corrected chi connectivity index (χ4v) is 2.83. The SMILES string of the molecule is C[C@@H]1C[C@@H](N(C)C(=O)OCc2ccccc2)CN1C(=O)OC(C)(C)C. The van der Waals surface area contributed by atoms with Crippen LogP contribution in [-0.4, -0.2) is 53.3 Å². The van der Waals surface area contributed by atoms with Crippen LogP contribution < -0.4 is 0 Å². The number of carbonyl (C=O) groups is 2. The highest BCUT2D eigenvalue weighted by Crippen LogP contribution is 2.24. The van der Waals surface area contributed by atoms with Crippen molar-refractivity contribution < 1.29 is 19.1 Å². The fourth-order valence-electron chi connectivity index (χ4n) is 2.83. The Balaban J connectivity index is 1.88. The molecule has 25 heavy (non-hydrogen) atoms. The van der Waals surface area contributed by atoms with Crippen molar-refractivity contribution in [3.63, 3.8) is 0 Å². The molecule has 0 radical (unpaired) electrons. The van der Waals surface area contributed by atoms with Crippen molar-refractivity contribution >= 4 is 12.2 Å². The largest absolute Gasteiger partial charge is 0.445 e. The molecule has 138 valence electrons. The third-order valence-corrected chi connectivity index (χ3v) is 4.22. The number of benzene rings is 1. The van der Waals surface area contributed by atoms with Gasteiger partial charge in [0.15, 0.2) is 0 Å². The van der Waals surface area contributed by atoms with Crippen molar-refractivity contribution in [2.75, 3.05) is 13.6 Å². The first-order valence-electron chi connectivity index (χ1n) is 8.60. The summed E-state index contributed by atoms with van der Waals surface area (Å²) in [5.74, 6) is 0. The first kappa shape index (κ1) is 19.1. The zero-order valence-corrected chi connectivity index (χ0v) is 15.7. The lowest BCUT2D eigenvalue weighted by atomic mass is 10.2. The molecule has 1 aliphatic heterocycles. The normalized spacial score (nSPS) is 20.3. The molecule has 0 aromatic heterocycles. The second-order valence-corrected chi connectivity index (χ2v) is 7.52. The third-order valence-electron chi connectivity index (χ3n) is 4.22. The molecule has 1 saturated heterocycles. The van der Waals surface area contributed by atoms with Crippen molar-refractivity contribution in [2.45, 2.75) is 58.4 Å². The van der Waals surface area contributed by atoms with Gasteiger partial charge in [-0.05, 0) is 39.7 Å². The minimum atomic E-state index is -0.532. The van der Waals surface area contributed by atoms with Gasteiger partial charge in [0, 0.05) is 19.6 Å². The maximum atomic E-state index is 12.3. The van der Waals surface area contributed by atoms with Gasteiger partial charge in [-0.1, -0.05) is 30.3 Å². The van der Waals surface area contributed by atoms with E-state index in [1.54, 1.807) is 16.8 Å². The lowest BCUT2D eigenvalue weighted by molar-refractivity contribution is 0.0226. The van der Waals surface area contributed by atoms with E-state index in [4.69, 9.17) is 9.47 Å². The number of likely N-dealkylation sites (N-methyl/N-ethyl adjacent to an activating group) is 1. The second kappa shape index (κ2) is 7.76. The molecule has 0 bridgehead atoms. The number of hydrogen-bond acceptors (Lipinski definition) is 4. The fraction of sp³-hybridized carbons (Fsp3) is 0.579. The molecular formula is C19H28N2O4. The van der Waals surface area contributed by atoms with Gasteiger partial charge in [0.25, 0.3) is 0 Å². The van der Waals surface area contributed by atoms with Gasteiger partial charge < -0.3 is 19.3 Å². The van der Waals surface area contributed by atoms with Gasteiger partial charge in [-0.3, -0.25) is 0 Å². The van der Waals surface area contributed by atoms with Gasteiger partial charge in [-0.2, -0.15) is 0 Å². The summed E-state index contributed by atoms with van der Waals surface area (Å²) in [6, 6.07) is 9.50. The van der Waals surface area contributed by atoms with Crippen LogP contribution in [-0.2, 0) is 16.1 Å². The quantitative estimate of drug-likeness (QED) is 0.836. The van der Waals surface area contributed by atoms with Crippen LogP contribution in [0, 0.1) is 0 Å². The Morgan fingerprint density at radius 3 is 2.48 bits per heavy atom. The van der Waals surface area contributed by atoms with Gasteiger partial charge in [0.2, 0.25) is 0 Å². The van der Waals surface area contributed by atoms with E-state index in [9.17, 15) is 9.59 Å². The molecule has 0 N–H and O–H groups in total. The summed E-state index contributed by atoms with van der Waals surface area (Å²) in [7, 11) is 1.71. The summed E-state index contributed by atoms with van der Waals surface area (Å²) in [5, 5.41) is 0. The molecule has 0 aliphatic carbocycles. The van der Waals surface area contributed by atoms with Crippen LogP contribution in [0.15, 0.2) is 30.3 Å². The number of hydrogen-bond donors (Lipinski definition) is 0. The Morgan fingerprint density at radius 2 is 1.88 bits per heavy atom. The summed E-state index contributed by atoms with van der Waals surface area (Å²) in [5.41, 5.74) is 0.412. The molecule has 6 heteroatoms. The van der Waals surface area contributed by atoms with Crippen molar-refractivity contribution in [3.8, 4) is 0 Å². The number of amides is 2. The molecule has 2 amide bonds. The molecule has 1 aromatic rings. The van der Waals surface area contributed by atoms with Crippen LogP contribution in [0.4, 0.5) is 9.59 Å². The minimum absolute atomic E-state index is 0.0178. The zero-order valence-electron chi connectivity index (χ0n) is 15.7. The molecule has 2 rings (SSSR count). The molecule has 0 saturated carbocycles.